The minimum atomic E-state index is -0.525. The van der Waals surface area contributed by atoms with Crippen LogP contribution in [0.2, 0.25) is 0 Å². The smallest absolute Gasteiger partial charge is 0.410 e. The number of carbonyl (C=O) groups is 2. The van der Waals surface area contributed by atoms with Crippen molar-refractivity contribution in [1.82, 2.24) is 29.7 Å². The van der Waals surface area contributed by atoms with E-state index in [4.69, 9.17) is 4.74 Å². The van der Waals surface area contributed by atoms with Crippen molar-refractivity contribution in [1.29, 1.82) is 0 Å². The van der Waals surface area contributed by atoms with Gasteiger partial charge in [-0.3, -0.25) is 4.79 Å². The maximum absolute atomic E-state index is 13.3. The van der Waals surface area contributed by atoms with E-state index in [-0.39, 0.29) is 30.1 Å². The number of aromatic nitrogens is 4. The van der Waals surface area contributed by atoms with E-state index in [0.29, 0.717) is 42.9 Å². The average Bonchev–Trinajstić information content (AvgIpc) is 3.59. The number of rotatable bonds is 4. The van der Waals surface area contributed by atoms with Crippen LogP contribution in [0.3, 0.4) is 0 Å². The van der Waals surface area contributed by atoms with Crippen molar-refractivity contribution in [2.24, 2.45) is 0 Å². The molecule has 3 heterocycles. The SMILES string of the molecule is CC(C)(C)OC(=O)N1CCC(N(C(=O)c2cnc(-c3cnc(O)nc3)nc2)C2CC2)CC1. The summed E-state index contributed by atoms with van der Waals surface area (Å²) in [6.45, 7) is 6.69. The number of hydrogen-bond donors (Lipinski definition) is 1. The lowest BCUT2D eigenvalue weighted by Crippen LogP contribution is -2.50. The van der Waals surface area contributed by atoms with E-state index in [1.807, 2.05) is 25.7 Å². The van der Waals surface area contributed by atoms with Gasteiger partial charge in [0.2, 0.25) is 0 Å². The molecule has 1 N–H and O–H groups in total. The summed E-state index contributed by atoms with van der Waals surface area (Å²) in [5.74, 6) is 0.293. The number of ether oxygens (including phenoxy) is 1. The van der Waals surface area contributed by atoms with E-state index in [1.165, 1.54) is 24.8 Å². The van der Waals surface area contributed by atoms with Crippen molar-refractivity contribution >= 4 is 12.0 Å². The van der Waals surface area contributed by atoms with Crippen LogP contribution in [0, 0.1) is 0 Å². The molecular weight excluding hydrogens is 412 g/mol. The van der Waals surface area contributed by atoms with Gasteiger partial charge in [0.05, 0.1) is 11.1 Å². The molecule has 2 aromatic heterocycles. The van der Waals surface area contributed by atoms with Crippen LogP contribution in [0.15, 0.2) is 24.8 Å². The van der Waals surface area contributed by atoms with Crippen LogP contribution in [0.4, 0.5) is 4.79 Å². The molecule has 1 saturated heterocycles. The largest absolute Gasteiger partial charge is 0.479 e. The number of aromatic hydroxyl groups is 1. The maximum Gasteiger partial charge on any atom is 0.410 e. The summed E-state index contributed by atoms with van der Waals surface area (Å²) >= 11 is 0. The van der Waals surface area contributed by atoms with Gasteiger partial charge >= 0.3 is 12.1 Å². The van der Waals surface area contributed by atoms with Crippen LogP contribution in [0.5, 0.6) is 6.01 Å². The minimum Gasteiger partial charge on any atom is -0.479 e. The first kappa shape index (κ1) is 21.9. The fraction of sp³-hybridized carbons (Fsp3) is 0.545. The zero-order valence-corrected chi connectivity index (χ0v) is 18.6. The van der Waals surface area contributed by atoms with Crippen LogP contribution in [0.25, 0.3) is 11.4 Å². The molecule has 2 fully saturated rings. The van der Waals surface area contributed by atoms with Crippen LogP contribution in [-0.4, -0.2) is 77.6 Å². The van der Waals surface area contributed by atoms with Crippen molar-refractivity contribution in [2.45, 2.75) is 64.1 Å². The molecule has 1 saturated carbocycles. The third-order valence-electron chi connectivity index (χ3n) is 5.48. The summed E-state index contributed by atoms with van der Waals surface area (Å²) in [4.78, 5) is 45.3. The molecule has 170 valence electrons. The highest BCUT2D eigenvalue weighted by atomic mass is 16.6. The van der Waals surface area contributed by atoms with Crippen molar-refractivity contribution in [3.63, 3.8) is 0 Å². The van der Waals surface area contributed by atoms with Gasteiger partial charge in [-0.15, -0.1) is 0 Å². The lowest BCUT2D eigenvalue weighted by Gasteiger charge is -2.39. The first-order valence-corrected chi connectivity index (χ1v) is 10.9. The Bertz CT molecular complexity index is 961. The van der Waals surface area contributed by atoms with Crippen LogP contribution in [-0.2, 0) is 4.74 Å². The molecule has 2 amide bonds. The molecule has 0 spiro atoms. The Labute approximate surface area is 186 Å². The fourth-order valence-corrected chi connectivity index (χ4v) is 3.81. The van der Waals surface area contributed by atoms with Crippen LogP contribution in [0.1, 0.15) is 56.8 Å². The van der Waals surface area contributed by atoms with Crippen molar-refractivity contribution < 1.29 is 19.4 Å². The van der Waals surface area contributed by atoms with Crippen molar-refractivity contribution in [3.05, 3.63) is 30.4 Å². The van der Waals surface area contributed by atoms with Crippen molar-refractivity contribution in [2.75, 3.05) is 13.1 Å². The van der Waals surface area contributed by atoms with E-state index < -0.39 is 5.60 Å². The quantitative estimate of drug-likeness (QED) is 0.770. The number of carbonyl (C=O) groups excluding carboxylic acids is 2. The lowest BCUT2D eigenvalue weighted by molar-refractivity contribution is 0.0142. The van der Waals surface area contributed by atoms with Gasteiger partial charge in [0.25, 0.3) is 5.91 Å². The predicted molar refractivity (Wildman–Crippen MR) is 115 cm³/mol. The van der Waals surface area contributed by atoms with Gasteiger partial charge in [0, 0.05) is 50.0 Å². The predicted octanol–water partition coefficient (Wildman–Crippen LogP) is 2.64. The Morgan fingerprint density at radius 2 is 1.53 bits per heavy atom. The Morgan fingerprint density at radius 1 is 0.969 bits per heavy atom. The van der Waals surface area contributed by atoms with Gasteiger partial charge in [-0.25, -0.2) is 24.7 Å². The number of nitrogens with zero attached hydrogens (tertiary/aromatic N) is 6. The van der Waals surface area contributed by atoms with Gasteiger partial charge in [-0.1, -0.05) is 0 Å². The zero-order chi connectivity index (χ0) is 22.9. The standard InChI is InChI=1S/C22H28N6O4/c1-22(2,3)32-21(31)27-8-6-17(7-9-27)28(16-4-5-16)19(29)15-12-23-18(24-13-15)14-10-25-20(30)26-11-14/h10-13,16-17H,4-9H2,1-3H3,(H,25,26,30). The molecule has 10 nitrogen and oxygen atoms in total. The van der Waals surface area contributed by atoms with Gasteiger partial charge in [-0.05, 0) is 46.5 Å². The molecule has 0 radical (unpaired) electrons. The molecular formula is C22H28N6O4. The highest BCUT2D eigenvalue weighted by molar-refractivity contribution is 5.94. The average molecular weight is 441 g/mol. The monoisotopic (exact) mass is 440 g/mol. The molecule has 2 aliphatic rings. The number of amides is 2. The van der Waals surface area contributed by atoms with Gasteiger partial charge in [-0.2, -0.15) is 0 Å². The highest BCUT2D eigenvalue weighted by Gasteiger charge is 2.40. The second-order valence-electron chi connectivity index (χ2n) is 9.21. The summed E-state index contributed by atoms with van der Waals surface area (Å²) in [5, 5.41) is 9.22. The van der Waals surface area contributed by atoms with Gasteiger partial charge in [0.1, 0.15) is 5.60 Å². The summed E-state index contributed by atoms with van der Waals surface area (Å²) in [6, 6.07) is -0.0250. The Balaban J connectivity index is 1.42. The van der Waals surface area contributed by atoms with Gasteiger partial charge in [0.15, 0.2) is 5.82 Å². The molecule has 0 atom stereocenters. The summed E-state index contributed by atoms with van der Waals surface area (Å²) in [6.07, 6.45) is 8.98. The van der Waals surface area contributed by atoms with Gasteiger partial charge < -0.3 is 19.6 Å². The van der Waals surface area contributed by atoms with E-state index in [2.05, 4.69) is 19.9 Å². The maximum atomic E-state index is 13.3. The normalized spacial score (nSPS) is 17.2. The minimum absolute atomic E-state index is 0.0684. The Hall–Kier alpha value is -3.30. The molecule has 1 aliphatic heterocycles. The number of hydrogen-bond acceptors (Lipinski definition) is 8. The lowest BCUT2D eigenvalue weighted by atomic mass is 10.0. The third-order valence-corrected chi connectivity index (χ3v) is 5.48. The molecule has 1 aliphatic carbocycles. The topological polar surface area (TPSA) is 122 Å². The van der Waals surface area contributed by atoms with E-state index in [0.717, 1.165) is 12.8 Å². The van der Waals surface area contributed by atoms with E-state index in [9.17, 15) is 14.7 Å². The van der Waals surface area contributed by atoms with Crippen LogP contribution >= 0.6 is 0 Å². The third kappa shape index (κ3) is 5.12. The Morgan fingerprint density at radius 3 is 2.06 bits per heavy atom. The molecule has 10 heteroatoms. The summed E-state index contributed by atoms with van der Waals surface area (Å²) < 4.78 is 5.47. The fourth-order valence-electron chi connectivity index (χ4n) is 3.81. The van der Waals surface area contributed by atoms with Crippen LogP contribution < -0.4 is 0 Å². The van der Waals surface area contributed by atoms with Crippen molar-refractivity contribution in [3.8, 4) is 17.4 Å². The van der Waals surface area contributed by atoms with E-state index >= 15 is 0 Å². The number of likely N-dealkylation sites (tertiary alicyclic amines) is 1. The molecule has 32 heavy (non-hydrogen) atoms. The molecule has 4 rings (SSSR count). The summed E-state index contributed by atoms with van der Waals surface area (Å²) in [7, 11) is 0. The Kier molecular flexibility index (Phi) is 5.94. The summed E-state index contributed by atoms with van der Waals surface area (Å²) in [5.41, 5.74) is 0.452. The van der Waals surface area contributed by atoms with E-state index in [1.54, 1.807) is 4.90 Å². The molecule has 2 aromatic rings. The second kappa shape index (κ2) is 8.68. The number of piperidine rings is 1. The first-order valence-electron chi connectivity index (χ1n) is 10.9. The second-order valence-corrected chi connectivity index (χ2v) is 9.21. The first-order chi connectivity index (χ1) is 15.2. The molecule has 0 bridgehead atoms. The molecule has 0 aromatic carbocycles. The zero-order valence-electron chi connectivity index (χ0n) is 18.6. The molecule has 0 unspecified atom stereocenters. The highest BCUT2D eigenvalue weighted by Crippen LogP contribution is 2.33.